The molecule has 1 atom stereocenters. The number of hydrogen-bond donors (Lipinski definition) is 1. The highest BCUT2D eigenvalue weighted by molar-refractivity contribution is 7.92. The van der Waals surface area contributed by atoms with E-state index in [0.29, 0.717) is 5.75 Å². The average Bonchev–Trinajstić information content (AvgIpc) is 2.27. The van der Waals surface area contributed by atoms with Crippen molar-refractivity contribution in [2.45, 2.75) is 13.0 Å². The van der Waals surface area contributed by atoms with Crippen LogP contribution in [0.3, 0.4) is 0 Å². The highest BCUT2D eigenvalue weighted by Gasteiger charge is 2.29. The van der Waals surface area contributed by atoms with Gasteiger partial charge in [0.25, 0.3) is 0 Å². The van der Waals surface area contributed by atoms with Crippen molar-refractivity contribution in [1.29, 1.82) is 0 Å². The lowest BCUT2D eigenvalue weighted by atomic mass is 10.2. The molecule has 106 valence electrons. The molecule has 0 heterocycles. The summed E-state index contributed by atoms with van der Waals surface area (Å²) in [4.78, 5) is 11.0. The van der Waals surface area contributed by atoms with Gasteiger partial charge in [0.15, 0.2) is 0 Å². The third kappa shape index (κ3) is 3.51. The first-order valence-corrected chi connectivity index (χ1v) is 7.47. The van der Waals surface area contributed by atoms with E-state index in [2.05, 4.69) is 0 Å². The maximum absolute atomic E-state index is 11.7. The normalized spacial score (nSPS) is 12.8. The summed E-state index contributed by atoms with van der Waals surface area (Å²) in [6.45, 7) is 1.28. The van der Waals surface area contributed by atoms with E-state index in [4.69, 9.17) is 21.4 Å². The third-order valence-corrected chi connectivity index (χ3v) is 3.99. The van der Waals surface area contributed by atoms with Crippen LogP contribution < -0.4 is 9.04 Å². The van der Waals surface area contributed by atoms with E-state index >= 15 is 0 Å². The zero-order valence-corrected chi connectivity index (χ0v) is 12.2. The molecule has 0 aliphatic carbocycles. The lowest BCUT2D eigenvalue weighted by Gasteiger charge is -2.26. The predicted octanol–water partition coefficient (Wildman–Crippen LogP) is 1.59. The van der Waals surface area contributed by atoms with Crippen LogP contribution in [0.1, 0.15) is 6.92 Å². The number of carboxylic acid groups (broad SMARTS) is 1. The van der Waals surface area contributed by atoms with Crippen molar-refractivity contribution < 1.29 is 23.1 Å². The van der Waals surface area contributed by atoms with Crippen molar-refractivity contribution in [3.05, 3.63) is 23.2 Å². The number of carboxylic acids is 1. The van der Waals surface area contributed by atoms with Crippen LogP contribution >= 0.6 is 11.6 Å². The number of nitrogens with zero attached hydrogens (tertiary/aromatic N) is 1. The molecular weight excluding hydrogens is 294 g/mol. The maximum atomic E-state index is 11.7. The van der Waals surface area contributed by atoms with Crippen molar-refractivity contribution in [2.75, 3.05) is 17.7 Å². The zero-order chi connectivity index (χ0) is 14.8. The SMILES string of the molecule is COc1ccc(N(C(C)C(=O)O)S(C)(=O)=O)cc1Cl. The van der Waals surface area contributed by atoms with Gasteiger partial charge in [-0.1, -0.05) is 11.6 Å². The van der Waals surface area contributed by atoms with E-state index < -0.39 is 22.0 Å². The van der Waals surface area contributed by atoms with E-state index in [1.54, 1.807) is 0 Å². The third-order valence-electron chi connectivity index (χ3n) is 2.46. The molecule has 0 fully saturated rings. The lowest BCUT2D eigenvalue weighted by Crippen LogP contribution is -2.42. The van der Waals surface area contributed by atoms with Crippen LogP contribution in [-0.4, -0.2) is 38.9 Å². The number of methoxy groups -OCH3 is 1. The fourth-order valence-corrected chi connectivity index (χ4v) is 3.01. The quantitative estimate of drug-likeness (QED) is 0.893. The maximum Gasteiger partial charge on any atom is 0.327 e. The first-order valence-electron chi connectivity index (χ1n) is 5.24. The summed E-state index contributed by atoms with van der Waals surface area (Å²) in [7, 11) is -2.32. The number of sulfonamides is 1. The highest BCUT2D eigenvalue weighted by atomic mass is 35.5. The van der Waals surface area contributed by atoms with Crippen LogP contribution in [0.2, 0.25) is 5.02 Å². The molecule has 1 rings (SSSR count). The molecule has 0 saturated carbocycles. The van der Waals surface area contributed by atoms with Crippen LogP contribution in [0, 0.1) is 0 Å². The van der Waals surface area contributed by atoms with Gasteiger partial charge in [0.1, 0.15) is 11.8 Å². The minimum atomic E-state index is -3.75. The Kier molecular flexibility index (Phi) is 4.65. The molecule has 0 aromatic heterocycles. The van der Waals surface area contributed by atoms with Crippen LogP contribution in [0.15, 0.2) is 18.2 Å². The molecule has 19 heavy (non-hydrogen) atoms. The number of carbonyl (C=O) groups is 1. The largest absolute Gasteiger partial charge is 0.495 e. The number of benzene rings is 1. The Bertz CT molecular complexity index is 587. The molecule has 0 radical (unpaired) electrons. The fourth-order valence-electron chi connectivity index (χ4n) is 1.59. The number of rotatable bonds is 5. The van der Waals surface area contributed by atoms with Gasteiger partial charge >= 0.3 is 5.97 Å². The van der Waals surface area contributed by atoms with Gasteiger partial charge in [0, 0.05) is 0 Å². The summed E-state index contributed by atoms with van der Waals surface area (Å²) in [5, 5.41) is 9.18. The van der Waals surface area contributed by atoms with Gasteiger partial charge in [0.05, 0.1) is 24.1 Å². The zero-order valence-electron chi connectivity index (χ0n) is 10.6. The second-order valence-corrected chi connectivity index (χ2v) is 6.16. The summed E-state index contributed by atoms with van der Waals surface area (Å²) in [5.74, 6) is -0.876. The average molecular weight is 308 g/mol. The van der Waals surface area contributed by atoms with E-state index in [-0.39, 0.29) is 10.7 Å². The molecule has 0 amide bonds. The Morgan fingerprint density at radius 3 is 2.42 bits per heavy atom. The van der Waals surface area contributed by atoms with Crippen LogP contribution in [0.25, 0.3) is 0 Å². The highest BCUT2D eigenvalue weighted by Crippen LogP contribution is 2.31. The van der Waals surface area contributed by atoms with Crippen molar-refractivity contribution in [3.8, 4) is 5.75 Å². The Hall–Kier alpha value is -1.47. The fraction of sp³-hybridized carbons (Fsp3) is 0.364. The lowest BCUT2D eigenvalue weighted by molar-refractivity contribution is -0.137. The van der Waals surface area contributed by atoms with E-state index in [1.165, 1.54) is 32.2 Å². The van der Waals surface area contributed by atoms with Crippen molar-refractivity contribution in [2.24, 2.45) is 0 Å². The van der Waals surface area contributed by atoms with Crippen molar-refractivity contribution in [3.63, 3.8) is 0 Å². The second-order valence-electron chi connectivity index (χ2n) is 3.89. The summed E-state index contributed by atoms with van der Waals surface area (Å²) < 4.78 is 29.2. The molecule has 8 heteroatoms. The number of ether oxygens (including phenoxy) is 1. The van der Waals surface area contributed by atoms with E-state index in [9.17, 15) is 13.2 Å². The molecule has 0 saturated heterocycles. The monoisotopic (exact) mass is 307 g/mol. The van der Waals surface area contributed by atoms with Gasteiger partial charge in [-0.15, -0.1) is 0 Å². The van der Waals surface area contributed by atoms with Gasteiger partial charge in [-0.2, -0.15) is 0 Å². The van der Waals surface area contributed by atoms with Gasteiger partial charge in [-0.05, 0) is 25.1 Å². The molecule has 1 aromatic rings. The second kappa shape index (κ2) is 5.66. The van der Waals surface area contributed by atoms with Gasteiger partial charge in [-0.25, -0.2) is 13.2 Å². The number of hydrogen-bond acceptors (Lipinski definition) is 4. The molecule has 1 aromatic carbocycles. The van der Waals surface area contributed by atoms with Crippen molar-refractivity contribution in [1.82, 2.24) is 0 Å². The minimum Gasteiger partial charge on any atom is -0.495 e. The van der Waals surface area contributed by atoms with Crippen LogP contribution in [0.4, 0.5) is 5.69 Å². The standard InChI is InChI=1S/C11H14ClNO5S/c1-7(11(14)15)13(19(3,16)17)8-4-5-10(18-2)9(12)6-8/h4-7H,1-3H3,(H,14,15). The molecule has 1 N–H and O–H groups in total. The summed E-state index contributed by atoms with van der Waals surface area (Å²) in [6, 6.07) is 3.02. The Balaban J connectivity index is 3.34. The number of aliphatic carboxylic acids is 1. The summed E-state index contributed by atoms with van der Waals surface area (Å²) in [5.41, 5.74) is 0.170. The van der Waals surface area contributed by atoms with Crippen LogP contribution in [0.5, 0.6) is 5.75 Å². The van der Waals surface area contributed by atoms with E-state index in [0.717, 1.165) is 10.6 Å². The Labute approximate surface area is 116 Å². The van der Waals surface area contributed by atoms with E-state index in [1.807, 2.05) is 0 Å². The summed E-state index contributed by atoms with van der Waals surface area (Å²) >= 11 is 5.91. The molecule has 0 spiro atoms. The topological polar surface area (TPSA) is 83.9 Å². The van der Waals surface area contributed by atoms with Crippen LogP contribution in [-0.2, 0) is 14.8 Å². The van der Waals surface area contributed by atoms with Crippen molar-refractivity contribution >= 4 is 33.3 Å². The molecule has 6 nitrogen and oxygen atoms in total. The first kappa shape index (κ1) is 15.6. The minimum absolute atomic E-state index is 0.170. The molecule has 0 aliphatic rings. The Morgan fingerprint density at radius 1 is 1.47 bits per heavy atom. The molecular formula is C11H14ClNO5S. The van der Waals surface area contributed by atoms with Gasteiger partial charge < -0.3 is 9.84 Å². The Morgan fingerprint density at radius 2 is 2.05 bits per heavy atom. The van der Waals surface area contributed by atoms with Gasteiger partial charge in [0.2, 0.25) is 10.0 Å². The predicted molar refractivity (Wildman–Crippen MR) is 72.4 cm³/mol. The number of halogens is 1. The first-order chi connectivity index (χ1) is 8.68. The summed E-state index contributed by atoms with van der Waals surface area (Å²) in [6.07, 6.45) is 0.935. The number of anilines is 1. The molecule has 0 bridgehead atoms. The smallest absolute Gasteiger partial charge is 0.327 e. The molecule has 1 unspecified atom stereocenters. The van der Waals surface area contributed by atoms with Gasteiger partial charge in [-0.3, -0.25) is 4.31 Å². The molecule has 0 aliphatic heterocycles.